The standard InChI is InChI=1S/C17H18N2O5/c1-11-9-12(18-24-11)10-23-17(22)14-6-4-8-19(14)16(21)13-5-2-3-7-15(13)20/h2-3,5,7,9,14,20H,4,6,8,10H2,1H3/t14-/m0/s1. The lowest BCUT2D eigenvalue weighted by Crippen LogP contribution is -2.41. The first-order valence-electron chi connectivity index (χ1n) is 7.74. The summed E-state index contributed by atoms with van der Waals surface area (Å²) in [7, 11) is 0. The van der Waals surface area contributed by atoms with Gasteiger partial charge in [0.15, 0.2) is 0 Å². The van der Waals surface area contributed by atoms with E-state index in [0.29, 0.717) is 30.8 Å². The first kappa shape index (κ1) is 16.0. The van der Waals surface area contributed by atoms with E-state index in [1.165, 1.54) is 17.0 Å². The van der Waals surface area contributed by atoms with Crippen LogP contribution in [0.15, 0.2) is 34.9 Å². The average molecular weight is 330 g/mol. The van der Waals surface area contributed by atoms with Crippen molar-refractivity contribution in [2.75, 3.05) is 6.54 Å². The molecule has 0 radical (unpaired) electrons. The highest BCUT2D eigenvalue weighted by atomic mass is 16.5. The number of aromatic nitrogens is 1. The first-order valence-corrected chi connectivity index (χ1v) is 7.74. The van der Waals surface area contributed by atoms with Gasteiger partial charge in [-0.2, -0.15) is 0 Å². The van der Waals surface area contributed by atoms with Gasteiger partial charge in [0.05, 0.1) is 5.56 Å². The number of aromatic hydroxyl groups is 1. The van der Waals surface area contributed by atoms with Crippen molar-refractivity contribution in [2.24, 2.45) is 0 Å². The fourth-order valence-electron chi connectivity index (χ4n) is 2.79. The van der Waals surface area contributed by atoms with Crippen molar-refractivity contribution in [3.05, 3.63) is 47.3 Å². The van der Waals surface area contributed by atoms with E-state index < -0.39 is 12.0 Å². The van der Waals surface area contributed by atoms with E-state index in [1.54, 1.807) is 25.1 Å². The van der Waals surface area contributed by atoms with Crippen LogP contribution in [-0.2, 0) is 16.1 Å². The molecule has 1 aromatic heterocycles. The van der Waals surface area contributed by atoms with Gasteiger partial charge < -0.3 is 19.3 Å². The molecule has 1 aromatic carbocycles. The van der Waals surface area contributed by atoms with Gasteiger partial charge in [-0.15, -0.1) is 0 Å². The summed E-state index contributed by atoms with van der Waals surface area (Å²) in [5.74, 6) is -0.306. The van der Waals surface area contributed by atoms with Crippen LogP contribution in [0.1, 0.15) is 34.7 Å². The average Bonchev–Trinajstić information content (AvgIpc) is 3.21. The third-order valence-corrected chi connectivity index (χ3v) is 3.96. The van der Waals surface area contributed by atoms with Crippen molar-refractivity contribution in [1.29, 1.82) is 0 Å². The number of benzene rings is 1. The summed E-state index contributed by atoms with van der Waals surface area (Å²) in [6, 6.07) is 7.34. The van der Waals surface area contributed by atoms with E-state index in [9.17, 15) is 14.7 Å². The van der Waals surface area contributed by atoms with Crippen molar-refractivity contribution >= 4 is 11.9 Å². The van der Waals surface area contributed by atoms with Crippen LogP contribution in [0.2, 0.25) is 0 Å². The number of para-hydroxylation sites is 1. The Morgan fingerprint density at radius 3 is 2.92 bits per heavy atom. The predicted molar refractivity (Wildman–Crippen MR) is 83.2 cm³/mol. The summed E-state index contributed by atoms with van der Waals surface area (Å²) in [6.07, 6.45) is 1.25. The van der Waals surface area contributed by atoms with E-state index >= 15 is 0 Å². The minimum Gasteiger partial charge on any atom is -0.507 e. The van der Waals surface area contributed by atoms with Gasteiger partial charge >= 0.3 is 5.97 Å². The summed E-state index contributed by atoms with van der Waals surface area (Å²) in [5.41, 5.74) is 0.710. The Labute approximate surface area is 138 Å². The van der Waals surface area contributed by atoms with Crippen LogP contribution in [-0.4, -0.2) is 39.6 Å². The fraction of sp³-hybridized carbons (Fsp3) is 0.353. The minimum atomic E-state index is -0.648. The Bertz CT molecular complexity index is 755. The lowest BCUT2D eigenvalue weighted by molar-refractivity contribution is -0.149. The number of carbonyl (C=O) groups is 2. The van der Waals surface area contributed by atoms with Crippen LogP contribution in [0.25, 0.3) is 0 Å². The zero-order chi connectivity index (χ0) is 17.1. The molecule has 1 amide bonds. The molecule has 1 N–H and O–H groups in total. The molecule has 7 heteroatoms. The SMILES string of the molecule is Cc1cc(COC(=O)[C@@H]2CCCN2C(=O)c2ccccc2O)no1. The zero-order valence-corrected chi connectivity index (χ0v) is 13.3. The van der Waals surface area contributed by atoms with Gasteiger partial charge in [0.1, 0.15) is 29.9 Å². The highest BCUT2D eigenvalue weighted by Gasteiger charge is 2.36. The van der Waals surface area contributed by atoms with Gasteiger partial charge in [-0.1, -0.05) is 17.3 Å². The number of hydrogen-bond acceptors (Lipinski definition) is 6. The Kier molecular flexibility index (Phi) is 4.50. The number of amides is 1. The van der Waals surface area contributed by atoms with Gasteiger partial charge in [-0.3, -0.25) is 4.79 Å². The van der Waals surface area contributed by atoms with Gasteiger partial charge in [-0.25, -0.2) is 4.79 Å². The van der Waals surface area contributed by atoms with E-state index in [0.717, 1.165) is 0 Å². The maximum absolute atomic E-state index is 12.6. The Morgan fingerprint density at radius 2 is 2.21 bits per heavy atom. The number of likely N-dealkylation sites (tertiary alicyclic amines) is 1. The molecule has 0 aliphatic carbocycles. The fourth-order valence-corrected chi connectivity index (χ4v) is 2.79. The molecule has 7 nitrogen and oxygen atoms in total. The summed E-state index contributed by atoms with van der Waals surface area (Å²) in [6.45, 7) is 2.21. The van der Waals surface area contributed by atoms with E-state index in [4.69, 9.17) is 9.26 Å². The molecule has 2 aromatic rings. The second-order valence-corrected chi connectivity index (χ2v) is 5.71. The molecule has 1 aliphatic heterocycles. The van der Waals surface area contributed by atoms with Crippen molar-refractivity contribution in [2.45, 2.75) is 32.4 Å². The topological polar surface area (TPSA) is 92.9 Å². The number of nitrogens with zero attached hydrogens (tertiary/aromatic N) is 2. The van der Waals surface area contributed by atoms with Crippen LogP contribution in [0.4, 0.5) is 0 Å². The highest BCUT2D eigenvalue weighted by molar-refractivity contribution is 5.99. The van der Waals surface area contributed by atoms with Crippen LogP contribution in [0, 0.1) is 6.92 Å². The Morgan fingerprint density at radius 1 is 1.42 bits per heavy atom. The molecule has 1 aliphatic rings. The van der Waals surface area contributed by atoms with Gasteiger partial charge in [0, 0.05) is 12.6 Å². The predicted octanol–water partition coefficient (Wildman–Crippen LogP) is 2.04. The molecule has 1 saturated heterocycles. The van der Waals surface area contributed by atoms with Gasteiger partial charge in [0.25, 0.3) is 5.91 Å². The van der Waals surface area contributed by atoms with E-state index in [2.05, 4.69) is 5.16 Å². The second kappa shape index (κ2) is 6.74. The molecule has 0 bridgehead atoms. The third kappa shape index (κ3) is 3.24. The number of phenolic OH excluding ortho intramolecular Hbond substituents is 1. The smallest absolute Gasteiger partial charge is 0.329 e. The molecular weight excluding hydrogens is 312 g/mol. The molecule has 126 valence electrons. The van der Waals surface area contributed by atoms with E-state index in [1.807, 2.05) is 0 Å². The molecule has 1 fully saturated rings. The number of ether oxygens (including phenoxy) is 1. The van der Waals surface area contributed by atoms with Crippen molar-refractivity contribution < 1.29 is 24.0 Å². The molecule has 0 unspecified atom stereocenters. The second-order valence-electron chi connectivity index (χ2n) is 5.71. The monoisotopic (exact) mass is 330 g/mol. The first-order chi connectivity index (χ1) is 11.6. The third-order valence-electron chi connectivity index (χ3n) is 3.96. The largest absolute Gasteiger partial charge is 0.507 e. The highest BCUT2D eigenvalue weighted by Crippen LogP contribution is 2.25. The van der Waals surface area contributed by atoms with E-state index in [-0.39, 0.29) is 23.8 Å². The van der Waals surface area contributed by atoms with Crippen molar-refractivity contribution in [3.8, 4) is 5.75 Å². The maximum atomic E-state index is 12.6. The molecule has 0 spiro atoms. The number of hydrogen-bond donors (Lipinski definition) is 1. The van der Waals surface area contributed by atoms with Crippen LogP contribution < -0.4 is 0 Å². The van der Waals surface area contributed by atoms with Gasteiger partial charge in [0.2, 0.25) is 0 Å². The number of aryl methyl sites for hydroxylation is 1. The van der Waals surface area contributed by atoms with Crippen LogP contribution >= 0.6 is 0 Å². The number of carbonyl (C=O) groups excluding carboxylic acids is 2. The quantitative estimate of drug-likeness (QED) is 0.862. The van der Waals surface area contributed by atoms with Crippen molar-refractivity contribution in [1.82, 2.24) is 10.1 Å². The maximum Gasteiger partial charge on any atom is 0.329 e. The molecule has 0 saturated carbocycles. The Hall–Kier alpha value is -2.83. The zero-order valence-electron chi connectivity index (χ0n) is 13.3. The lowest BCUT2D eigenvalue weighted by atomic mass is 10.1. The van der Waals surface area contributed by atoms with Gasteiger partial charge in [-0.05, 0) is 31.9 Å². The molecular formula is C17H18N2O5. The number of esters is 1. The minimum absolute atomic E-state index is 0.00525. The number of phenols is 1. The lowest BCUT2D eigenvalue weighted by Gasteiger charge is -2.23. The summed E-state index contributed by atoms with van der Waals surface area (Å²) < 4.78 is 10.2. The Balaban J connectivity index is 1.67. The molecule has 24 heavy (non-hydrogen) atoms. The van der Waals surface area contributed by atoms with Crippen LogP contribution in [0.5, 0.6) is 5.75 Å². The molecule has 1 atom stereocenters. The summed E-state index contributed by atoms with van der Waals surface area (Å²) >= 11 is 0. The van der Waals surface area contributed by atoms with Crippen LogP contribution in [0.3, 0.4) is 0 Å². The van der Waals surface area contributed by atoms with Crippen molar-refractivity contribution in [3.63, 3.8) is 0 Å². The number of rotatable bonds is 4. The molecule has 2 heterocycles. The normalized spacial score (nSPS) is 17.0. The summed E-state index contributed by atoms with van der Waals surface area (Å²) in [4.78, 5) is 26.4. The molecule has 3 rings (SSSR count). The summed E-state index contributed by atoms with van der Waals surface area (Å²) in [5, 5.41) is 13.6.